The smallest absolute Gasteiger partial charge is 0.325 e. The van der Waals surface area contributed by atoms with E-state index in [1.807, 2.05) is 18.2 Å². The van der Waals surface area contributed by atoms with Crippen LogP contribution in [-0.2, 0) is 11.2 Å². The molecule has 0 amide bonds. The van der Waals surface area contributed by atoms with Crippen LogP contribution in [0.15, 0.2) is 24.3 Å². The van der Waals surface area contributed by atoms with Crippen molar-refractivity contribution in [2.24, 2.45) is 5.92 Å². The van der Waals surface area contributed by atoms with Gasteiger partial charge in [0.15, 0.2) is 0 Å². The predicted octanol–water partition coefficient (Wildman–Crippen LogP) is 3.64. The Morgan fingerprint density at radius 2 is 2.05 bits per heavy atom. The normalized spacial score (nSPS) is 29.9. The Kier molecular flexibility index (Phi) is 4.29. The molecular formula is C18H25NO2. The van der Waals surface area contributed by atoms with Crippen molar-refractivity contribution < 1.29 is 9.90 Å². The van der Waals surface area contributed by atoms with Gasteiger partial charge in [0.05, 0.1) is 0 Å². The number of carboxylic acid groups (broad SMARTS) is 1. The average molecular weight is 287 g/mol. The van der Waals surface area contributed by atoms with Crippen molar-refractivity contribution in [2.45, 2.75) is 57.5 Å². The average Bonchev–Trinajstić information content (AvgIpc) is 2.53. The molecule has 2 aliphatic rings. The first-order valence-corrected chi connectivity index (χ1v) is 8.28. The van der Waals surface area contributed by atoms with Crippen molar-refractivity contribution in [3.05, 3.63) is 35.4 Å². The lowest BCUT2D eigenvalue weighted by Gasteiger charge is -2.45. The lowest BCUT2D eigenvalue weighted by Crippen LogP contribution is -2.49. The molecule has 1 aromatic carbocycles. The highest BCUT2D eigenvalue weighted by molar-refractivity contribution is 5.76. The van der Waals surface area contributed by atoms with Crippen LogP contribution in [0.5, 0.6) is 0 Å². The molecule has 0 aromatic heterocycles. The van der Waals surface area contributed by atoms with E-state index < -0.39 is 12.0 Å². The number of hydrogen-bond acceptors (Lipinski definition) is 2. The van der Waals surface area contributed by atoms with Crippen LogP contribution >= 0.6 is 0 Å². The van der Waals surface area contributed by atoms with Gasteiger partial charge in [0.1, 0.15) is 6.04 Å². The van der Waals surface area contributed by atoms with Gasteiger partial charge in [-0.2, -0.15) is 0 Å². The van der Waals surface area contributed by atoms with Gasteiger partial charge in [0.2, 0.25) is 0 Å². The van der Waals surface area contributed by atoms with Gasteiger partial charge in [-0.3, -0.25) is 9.69 Å². The van der Waals surface area contributed by atoms with Crippen LogP contribution in [0.2, 0.25) is 0 Å². The van der Waals surface area contributed by atoms with Crippen molar-refractivity contribution in [3.8, 4) is 0 Å². The molecule has 114 valence electrons. The van der Waals surface area contributed by atoms with E-state index in [1.54, 1.807) is 0 Å². The van der Waals surface area contributed by atoms with E-state index in [1.165, 1.54) is 24.8 Å². The number of hydrogen-bond donors (Lipinski definition) is 1. The second-order valence-corrected chi connectivity index (χ2v) is 6.45. The molecule has 0 bridgehead atoms. The molecule has 1 saturated carbocycles. The van der Waals surface area contributed by atoms with Gasteiger partial charge >= 0.3 is 5.97 Å². The van der Waals surface area contributed by atoms with Gasteiger partial charge < -0.3 is 5.11 Å². The maximum Gasteiger partial charge on any atom is 0.325 e. The summed E-state index contributed by atoms with van der Waals surface area (Å²) in [7, 11) is 0. The summed E-state index contributed by atoms with van der Waals surface area (Å²) in [6, 6.07) is 8.06. The number of nitrogens with zero attached hydrogens (tertiary/aromatic N) is 1. The molecule has 1 aromatic rings. The topological polar surface area (TPSA) is 40.5 Å². The zero-order valence-corrected chi connectivity index (χ0v) is 12.8. The molecule has 3 atom stereocenters. The molecule has 1 aliphatic carbocycles. The molecule has 0 spiro atoms. The Morgan fingerprint density at radius 1 is 1.29 bits per heavy atom. The highest BCUT2D eigenvalue weighted by Crippen LogP contribution is 2.38. The summed E-state index contributed by atoms with van der Waals surface area (Å²) in [5.41, 5.74) is 2.22. The summed E-state index contributed by atoms with van der Waals surface area (Å²) >= 11 is 0. The number of fused-ring (bicyclic) bond motifs is 1. The van der Waals surface area contributed by atoms with Gasteiger partial charge in [-0.25, -0.2) is 0 Å². The fourth-order valence-electron chi connectivity index (χ4n) is 4.32. The third-order valence-electron chi connectivity index (χ3n) is 5.37. The van der Waals surface area contributed by atoms with Gasteiger partial charge in [0, 0.05) is 12.6 Å². The number of aliphatic carboxylic acids is 1. The lowest BCUT2D eigenvalue weighted by molar-refractivity contribution is -0.146. The first kappa shape index (κ1) is 14.6. The van der Waals surface area contributed by atoms with E-state index in [0.29, 0.717) is 12.0 Å². The fraction of sp³-hybridized carbons (Fsp3) is 0.611. The minimum Gasteiger partial charge on any atom is -0.480 e. The van der Waals surface area contributed by atoms with Crippen molar-refractivity contribution in [3.63, 3.8) is 0 Å². The van der Waals surface area contributed by atoms with E-state index in [0.717, 1.165) is 31.4 Å². The molecule has 3 heteroatoms. The fourth-order valence-corrected chi connectivity index (χ4v) is 4.32. The number of carboxylic acids is 1. The predicted molar refractivity (Wildman–Crippen MR) is 83.3 cm³/mol. The van der Waals surface area contributed by atoms with E-state index in [4.69, 9.17) is 0 Å². The van der Waals surface area contributed by atoms with Crippen LogP contribution in [0.1, 0.15) is 56.2 Å². The molecule has 1 N–H and O–H groups in total. The maximum absolute atomic E-state index is 11.9. The molecule has 3 unspecified atom stereocenters. The Morgan fingerprint density at radius 3 is 2.81 bits per heavy atom. The summed E-state index contributed by atoms with van der Waals surface area (Å²) in [4.78, 5) is 14.2. The molecule has 3 rings (SSSR count). The minimum absolute atomic E-state index is 0.443. The number of rotatable bonds is 3. The molecule has 1 aliphatic heterocycles. The molecule has 1 heterocycles. The van der Waals surface area contributed by atoms with E-state index in [2.05, 4.69) is 17.9 Å². The highest BCUT2D eigenvalue weighted by Gasteiger charge is 2.39. The van der Waals surface area contributed by atoms with Crippen LogP contribution in [-0.4, -0.2) is 28.6 Å². The molecular weight excluding hydrogens is 262 g/mol. The maximum atomic E-state index is 11.9. The third kappa shape index (κ3) is 2.71. The van der Waals surface area contributed by atoms with Crippen LogP contribution in [0.4, 0.5) is 0 Å². The summed E-state index contributed by atoms with van der Waals surface area (Å²) < 4.78 is 0. The van der Waals surface area contributed by atoms with Gasteiger partial charge in [-0.15, -0.1) is 0 Å². The first-order chi connectivity index (χ1) is 10.2. The van der Waals surface area contributed by atoms with E-state index in [9.17, 15) is 9.90 Å². The summed E-state index contributed by atoms with van der Waals surface area (Å²) in [5.74, 6) is -0.0339. The summed E-state index contributed by atoms with van der Waals surface area (Å²) in [5, 5.41) is 9.80. The lowest BCUT2D eigenvalue weighted by atomic mass is 9.79. The Hall–Kier alpha value is -1.35. The Balaban J connectivity index is 1.93. The molecule has 0 radical (unpaired) electrons. The van der Waals surface area contributed by atoms with Gasteiger partial charge in [0.25, 0.3) is 0 Å². The second-order valence-electron chi connectivity index (χ2n) is 6.45. The summed E-state index contributed by atoms with van der Waals surface area (Å²) in [6.07, 6.45) is 7.10. The highest BCUT2D eigenvalue weighted by atomic mass is 16.4. The quantitative estimate of drug-likeness (QED) is 0.922. The largest absolute Gasteiger partial charge is 0.480 e. The Labute approximate surface area is 127 Å². The monoisotopic (exact) mass is 287 g/mol. The van der Waals surface area contributed by atoms with E-state index in [-0.39, 0.29) is 0 Å². The van der Waals surface area contributed by atoms with Gasteiger partial charge in [-0.05, 0) is 36.3 Å². The number of carbonyl (C=O) groups is 1. The zero-order chi connectivity index (χ0) is 14.8. The van der Waals surface area contributed by atoms with E-state index >= 15 is 0 Å². The second kappa shape index (κ2) is 6.18. The minimum atomic E-state index is -0.692. The van der Waals surface area contributed by atoms with Crippen molar-refractivity contribution in [1.82, 2.24) is 4.90 Å². The van der Waals surface area contributed by atoms with Crippen LogP contribution in [0, 0.1) is 5.92 Å². The molecule has 21 heavy (non-hydrogen) atoms. The van der Waals surface area contributed by atoms with Crippen LogP contribution in [0.25, 0.3) is 0 Å². The molecule has 3 nitrogen and oxygen atoms in total. The number of benzene rings is 1. The third-order valence-corrected chi connectivity index (χ3v) is 5.37. The molecule has 1 fully saturated rings. The van der Waals surface area contributed by atoms with Gasteiger partial charge in [-0.1, -0.05) is 50.5 Å². The first-order valence-electron chi connectivity index (χ1n) is 8.28. The van der Waals surface area contributed by atoms with Crippen molar-refractivity contribution >= 4 is 5.97 Å². The SMILES string of the molecule is CCC1CCCCC1N1CCc2ccccc2C1C(=O)O. The Bertz CT molecular complexity index is 514. The van der Waals surface area contributed by atoms with Crippen LogP contribution in [0.3, 0.4) is 0 Å². The molecule has 0 saturated heterocycles. The zero-order valence-electron chi connectivity index (χ0n) is 12.8. The summed E-state index contributed by atoms with van der Waals surface area (Å²) in [6.45, 7) is 3.13. The van der Waals surface area contributed by atoms with Crippen molar-refractivity contribution in [2.75, 3.05) is 6.54 Å². The van der Waals surface area contributed by atoms with Crippen LogP contribution < -0.4 is 0 Å². The van der Waals surface area contributed by atoms with Crippen molar-refractivity contribution in [1.29, 1.82) is 0 Å². The standard InChI is InChI=1S/C18H25NO2/c1-2-13-7-4-6-10-16(13)19-12-11-14-8-3-5-9-15(14)17(19)18(20)21/h3,5,8-9,13,16-17H,2,4,6-7,10-12H2,1H3,(H,20,21).